The summed E-state index contributed by atoms with van der Waals surface area (Å²) in [5.41, 5.74) is 6.22. The molecule has 0 saturated heterocycles. The number of carbonyl (C=O) groups is 1. The minimum absolute atomic E-state index is 0. The predicted molar refractivity (Wildman–Crippen MR) is 104 cm³/mol. The Kier molecular flexibility index (Phi) is 7.14. The molecule has 140 valence electrons. The molecule has 1 saturated carbocycles. The molecule has 2 aromatic rings. The fourth-order valence-electron chi connectivity index (χ4n) is 2.27. The fourth-order valence-corrected chi connectivity index (χ4v) is 2.40. The van der Waals surface area contributed by atoms with Crippen LogP contribution >= 0.6 is 24.0 Å². The van der Waals surface area contributed by atoms with Crippen molar-refractivity contribution in [2.24, 2.45) is 5.73 Å². The minimum atomic E-state index is -0.632. The van der Waals surface area contributed by atoms with E-state index in [0.717, 1.165) is 29.9 Å². The molecule has 0 aliphatic heterocycles. The average molecular weight is 397 g/mol. The van der Waals surface area contributed by atoms with E-state index in [4.69, 9.17) is 26.8 Å². The van der Waals surface area contributed by atoms with Crippen LogP contribution in [0.4, 0.5) is 0 Å². The summed E-state index contributed by atoms with van der Waals surface area (Å²) < 4.78 is 11.2. The van der Waals surface area contributed by atoms with Crippen molar-refractivity contribution in [1.29, 1.82) is 0 Å². The highest BCUT2D eigenvalue weighted by Gasteiger charge is 2.45. The molecule has 0 bridgehead atoms. The molecule has 1 aliphatic carbocycles. The second-order valence-electron chi connectivity index (χ2n) is 6.13. The van der Waals surface area contributed by atoms with Crippen molar-refractivity contribution < 1.29 is 14.3 Å². The molecule has 0 heterocycles. The standard InChI is InChI=1S/C19H21ClN2O3.ClH/c20-15-3-7-17(8-4-15)25-12-11-24-16-5-1-14(2-6-16)13-22-18(23)19(21)9-10-19;/h1-8H,9-13,21H2,(H,22,23);1H. The second-order valence-corrected chi connectivity index (χ2v) is 6.57. The van der Waals surface area contributed by atoms with Gasteiger partial charge in [-0.3, -0.25) is 4.79 Å². The Hall–Kier alpha value is -1.95. The Morgan fingerprint density at radius 1 is 1.00 bits per heavy atom. The van der Waals surface area contributed by atoms with E-state index in [1.807, 2.05) is 36.4 Å². The van der Waals surface area contributed by atoms with E-state index in [0.29, 0.717) is 24.8 Å². The maximum absolute atomic E-state index is 11.8. The van der Waals surface area contributed by atoms with Gasteiger partial charge in [0.25, 0.3) is 0 Å². The number of carbonyl (C=O) groups excluding carboxylic acids is 1. The number of hydrogen-bond acceptors (Lipinski definition) is 4. The first kappa shape index (κ1) is 20.4. The van der Waals surface area contributed by atoms with Crippen LogP contribution in [0.25, 0.3) is 0 Å². The fraction of sp³-hybridized carbons (Fsp3) is 0.316. The van der Waals surface area contributed by atoms with Crippen LogP contribution in [0, 0.1) is 0 Å². The van der Waals surface area contributed by atoms with E-state index >= 15 is 0 Å². The molecule has 1 aliphatic rings. The number of nitrogens with two attached hydrogens (primary N) is 1. The van der Waals surface area contributed by atoms with E-state index in [1.165, 1.54) is 0 Å². The van der Waals surface area contributed by atoms with Gasteiger partial charge in [-0.1, -0.05) is 23.7 Å². The molecule has 7 heteroatoms. The van der Waals surface area contributed by atoms with E-state index in [2.05, 4.69) is 5.32 Å². The van der Waals surface area contributed by atoms with Crippen molar-refractivity contribution >= 4 is 29.9 Å². The molecule has 0 spiro atoms. The highest BCUT2D eigenvalue weighted by molar-refractivity contribution is 6.30. The van der Waals surface area contributed by atoms with Gasteiger partial charge in [-0.2, -0.15) is 0 Å². The van der Waals surface area contributed by atoms with Gasteiger partial charge in [-0.25, -0.2) is 0 Å². The monoisotopic (exact) mass is 396 g/mol. The van der Waals surface area contributed by atoms with Gasteiger partial charge in [0.15, 0.2) is 0 Å². The van der Waals surface area contributed by atoms with E-state index in [1.54, 1.807) is 12.1 Å². The van der Waals surface area contributed by atoms with Gasteiger partial charge in [0.05, 0.1) is 5.54 Å². The van der Waals surface area contributed by atoms with E-state index < -0.39 is 5.54 Å². The highest BCUT2D eigenvalue weighted by Crippen LogP contribution is 2.32. The van der Waals surface area contributed by atoms with Gasteiger partial charge in [0, 0.05) is 11.6 Å². The van der Waals surface area contributed by atoms with E-state index in [-0.39, 0.29) is 18.3 Å². The van der Waals surface area contributed by atoms with Crippen molar-refractivity contribution in [1.82, 2.24) is 5.32 Å². The van der Waals surface area contributed by atoms with Crippen LogP contribution < -0.4 is 20.5 Å². The lowest BCUT2D eigenvalue weighted by Crippen LogP contribution is -2.42. The van der Waals surface area contributed by atoms with Crippen LogP contribution in [0.5, 0.6) is 11.5 Å². The Balaban J connectivity index is 0.00000243. The number of benzene rings is 2. The van der Waals surface area contributed by atoms with Gasteiger partial charge in [0.1, 0.15) is 24.7 Å². The first-order chi connectivity index (χ1) is 12.0. The average Bonchev–Trinajstić information content (AvgIpc) is 3.38. The quantitative estimate of drug-likeness (QED) is 0.671. The van der Waals surface area contributed by atoms with Gasteiger partial charge in [-0.05, 0) is 54.8 Å². The first-order valence-electron chi connectivity index (χ1n) is 8.22. The molecular weight excluding hydrogens is 375 g/mol. The zero-order chi connectivity index (χ0) is 17.7. The molecule has 1 fully saturated rings. The molecule has 3 N–H and O–H groups in total. The third kappa shape index (κ3) is 5.80. The van der Waals surface area contributed by atoms with Crippen molar-refractivity contribution in [3.63, 3.8) is 0 Å². The predicted octanol–water partition coefficient (Wildman–Crippen LogP) is 3.33. The third-order valence-electron chi connectivity index (χ3n) is 4.05. The lowest BCUT2D eigenvalue weighted by Gasteiger charge is -2.11. The summed E-state index contributed by atoms with van der Waals surface area (Å²) in [7, 11) is 0. The summed E-state index contributed by atoms with van der Waals surface area (Å²) >= 11 is 5.82. The third-order valence-corrected chi connectivity index (χ3v) is 4.30. The maximum Gasteiger partial charge on any atom is 0.240 e. The van der Waals surface area contributed by atoms with Crippen molar-refractivity contribution in [2.45, 2.75) is 24.9 Å². The summed E-state index contributed by atoms with van der Waals surface area (Å²) in [5.74, 6) is 1.44. The van der Waals surface area contributed by atoms with Crippen LogP contribution in [0.2, 0.25) is 5.02 Å². The molecule has 0 aromatic heterocycles. The summed E-state index contributed by atoms with van der Waals surface area (Å²) in [6.07, 6.45) is 1.54. The Morgan fingerprint density at radius 3 is 2.00 bits per heavy atom. The molecule has 0 unspecified atom stereocenters. The second kappa shape index (κ2) is 9.12. The Morgan fingerprint density at radius 2 is 1.50 bits per heavy atom. The van der Waals surface area contributed by atoms with Crippen molar-refractivity contribution in [3.05, 3.63) is 59.1 Å². The molecule has 3 rings (SSSR count). The van der Waals surface area contributed by atoms with Gasteiger partial charge in [0.2, 0.25) is 5.91 Å². The summed E-state index contributed by atoms with van der Waals surface area (Å²) in [6.45, 7) is 1.35. The Labute approximate surface area is 164 Å². The molecular formula is C19H22Cl2N2O3. The summed E-state index contributed by atoms with van der Waals surface area (Å²) in [5, 5.41) is 3.54. The smallest absolute Gasteiger partial charge is 0.240 e. The number of hydrogen-bond donors (Lipinski definition) is 2. The molecule has 1 amide bonds. The van der Waals surface area contributed by atoms with Crippen LogP contribution in [-0.4, -0.2) is 24.7 Å². The van der Waals surface area contributed by atoms with Crippen LogP contribution in [0.1, 0.15) is 18.4 Å². The lowest BCUT2D eigenvalue weighted by atomic mass is 10.2. The van der Waals surface area contributed by atoms with Crippen LogP contribution in [0.15, 0.2) is 48.5 Å². The molecule has 0 atom stereocenters. The van der Waals surface area contributed by atoms with Crippen LogP contribution in [-0.2, 0) is 11.3 Å². The van der Waals surface area contributed by atoms with Crippen molar-refractivity contribution in [2.75, 3.05) is 13.2 Å². The molecule has 2 aromatic carbocycles. The topological polar surface area (TPSA) is 73.6 Å². The zero-order valence-electron chi connectivity index (χ0n) is 14.2. The molecule has 26 heavy (non-hydrogen) atoms. The summed E-state index contributed by atoms with van der Waals surface area (Å²) in [6, 6.07) is 14.8. The largest absolute Gasteiger partial charge is 0.490 e. The number of halogens is 2. The first-order valence-corrected chi connectivity index (χ1v) is 8.60. The Bertz CT molecular complexity index is 717. The number of nitrogens with one attached hydrogen (secondary N) is 1. The molecule has 5 nitrogen and oxygen atoms in total. The highest BCUT2D eigenvalue weighted by atomic mass is 35.5. The van der Waals surface area contributed by atoms with E-state index in [9.17, 15) is 4.79 Å². The number of rotatable bonds is 8. The normalized spacial score (nSPS) is 14.1. The minimum Gasteiger partial charge on any atom is -0.490 e. The maximum atomic E-state index is 11.8. The van der Waals surface area contributed by atoms with Gasteiger partial charge in [-0.15, -0.1) is 12.4 Å². The van der Waals surface area contributed by atoms with Gasteiger partial charge >= 0.3 is 0 Å². The molecule has 0 radical (unpaired) electrons. The SMILES string of the molecule is Cl.NC1(C(=O)NCc2ccc(OCCOc3ccc(Cl)cc3)cc2)CC1. The number of ether oxygens (including phenoxy) is 2. The summed E-state index contributed by atoms with van der Waals surface area (Å²) in [4.78, 5) is 11.8. The lowest BCUT2D eigenvalue weighted by molar-refractivity contribution is -0.123. The van der Waals surface area contributed by atoms with Crippen molar-refractivity contribution in [3.8, 4) is 11.5 Å². The van der Waals surface area contributed by atoms with Gasteiger partial charge < -0.3 is 20.5 Å². The zero-order valence-corrected chi connectivity index (χ0v) is 15.8. The van der Waals surface area contributed by atoms with Crippen LogP contribution in [0.3, 0.4) is 0 Å². The number of amides is 1.